The van der Waals surface area contributed by atoms with E-state index >= 15 is 0 Å². The van der Waals surface area contributed by atoms with E-state index in [0.29, 0.717) is 11.7 Å². The van der Waals surface area contributed by atoms with Crippen LogP contribution in [-0.2, 0) is 0 Å². The SMILES string of the molecule is C=CC1CCC(C=CC2CCC(c3ccc(OC)c(Cl)c3F)CC2)CC1. The summed E-state index contributed by atoms with van der Waals surface area (Å²) >= 11 is 6.09. The number of hydrogen-bond acceptors (Lipinski definition) is 1. The van der Waals surface area contributed by atoms with Crippen molar-refractivity contribution in [3.05, 3.63) is 53.3 Å². The Morgan fingerprint density at radius 1 is 0.962 bits per heavy atom. The molecule has 1 nitrogen and oxygen atoms in total. The van der Waals surface area contributed by atoms with Gasteiger partial charge in [-0.2, -0.15) is 0 Å². The van der Waals surface area contributed by atoms with E-state index in [1.54, 1.807) is 6.07 Å². The highest BCUT2D eigenvalue weighted by atomic mass is 35.5. The molecular weight excluding hydrogens is 347 g/mol. The molecule has 2 aliphatic carbocycles. The van der Waals surface area contributed by atoms with Gasteiger partial charge in [-0.15, -0.1) is 6.58 Å². The van der Waals surface area contributed by atoms with E-state index in [9.17, 15) is 4.39 Å². The minimum atomic E-state index is -0.302. The number of halogens is 2. The predicted molar refractivity (Wildman–Crippen MR) is 107 cm³/mol. The van der Waals surface area contributed by atoms with Gasteiger partial charge in [0.2, 0.25) is 0 Å². The first-order chi connectivity index (χ1) is 12.6. The fourth-order valence-electron chi connectivity index (χ4n) is 4.53. The molecule has 2 saturated carbocycles. The molecule has 0 saturated heterocycles. The third-order valence-electron chi connectivity index (χ3n) is 6.31. The summed E-state index contributed by atoms with van der Waals surface area (Å²) in [7, 11) is 1.52. The molecule has 0 unspecified atom stereocenters. The minimum Gasteiger partial charge on any atom is -0.495 e. The Balaban J connectivity index is 1.52. The number of benzene rings is 1. The van der Waals surface area contributed by atoms with E-state index < -0.39 is 0 Å². The van der Waals surface area contributed by atoms with Gasteiger partial charge in [-0.05, 0) is 86.7 Å². The van der Waals surface area contributed by atoms with Gasteiger partial charge in [-0.3, -0.25) is 0 Å². The number of hydrogen-bond donors (Lipinski definition) is 0. The Morgan fingerprint density at radius 3 is 2.04 bits per heavy atom. The van der Waals surface area contributed by atoms with Crippen LogP contribution < -0.4 is 4.74 Å². The average Bonchev–Trinajstić information content (AvgIpc) is 2.69. The zero-order chi connectivity index (χ0) is 18.5. The van der Waals surface area contributed by atoms with Crippen LogP contribution in [0.2, 0.25) is 5.02 Å². The Kier molecular flexibility index (Phi) is 6.80. The van der Waals surface area contributed by atoms with Crippen molar-refractivity contribution in [2.45, 2.75) is 57.3 Å². The number of methoxy groups -OCH3 is 1. The Labute approximate surface area is 162 Å². The molecule has 26 heavy (non-hydrogen) atoms. The molecule has 142 valence electrons. The highest BCUT2D eigenvalue weighted by molar-refractivity contribution is 6.32. The van der Waals surface area contributed by atoms with E-state index in [1.807, 2.05) is 6.07 Å². The lowest BCUT2D eigenvalue weighted by Crippen LogP contribution is -2.14. The van der Waals surface area contributed by atoms with Gasteiger partial charge in [-0.1, -0.05) is 35.9 Å². The maximum Gasteiger partial charge on any atom is 0.149 e. The van der Waals surface area contributed by atoms with Crippen LogP contribution in [0, 0.1) is 23.6 Å². The molecule has 0 N–H and O–H groups in total. The molecule has 1 aromatic carbocycles. The zero-order valence-electron chi connectivity index (χ0n) is 15.7. The largest absolute Gasteiger partial charge is 0.495 e. The molecule has 0 atom stereocenters. The van der Waals surface area contributed by atoms with Gasteiger partial charge < -0.3 is 4.74 Å². The third kappa shape index (κ3) is 4.52. The van der Waals surface area contributed by atoms with Crippen LogP contribution in [0.4, 0.5) is 4.39 Å². The van der Waals surface area contributed by atoms with Crippen molar-refractivity contribution in [3.8, 4) is 5.75 Å². The molecule has 2 fully saturated rings. The minimum absolute atomic E-state index is 0.113. The van der Waals surface area contributed by atoms with E-state index in [-0.39, 0.29) is 16.8 Å². The van der Waals surface area contributed by atoms with Crippen molar-refractivity contribution in [2.75, 3.05) is 7.11 Å². The van der Waals surface area contributed by atoms with Crippen LogP contribution in [0.3, 0.4) is 0 Å². The topological polar surface area (TPSA) is 9.23 Å². The van der Waals surface area contributed by atoms with Crippen molar-refractivity contribution in [1.82, 2.24) is 0 Å². The van der Waals surface area contributed by atoms with Crippen LogP contribution in [0.5, 0.6) is 5.75 Å². The van der Waals surface area contributed by atoms with Crippen LogP contribution >= 0.6 is 11.6 Å². The highest BCUT2D eigenvalue weighted by Gasteiger charge is 2.25. The summed E-state index contributed by atoms with van der Waals surface area (Å²) in [5, 5.41) is 0.113. The van der Waals surface area contributed by atoms with Gasteiger partial charge in [0.15, 0.2) is 0 Å². The molecule has 0 aliphatic heterocycles. The van der Waals surface area contributed by atoms with E-state index in [2.05, 4.69) is 24.8 Å². The maximum atomic E-state index is 14.5. The summed E-state index contributed by atoms with van der Waals surface area (Å²) in [5.74, 6) is 2.48. The molecule has 0 radical (unpaired) electrons. The Hall–Kier alpha value is -1.28. The highest BCUT2D eigenvalue weighted by Crippen LogP contribution is 2.41. The van der Waals surface area contributed by atoms with Crippen molar-refractivity contribution < 1.29 is 9.13 Å². The summed E-state index contributed by atoms with van der Waals surface area (Å²) in [6.07, 6.45) is 16.5. The Morgan fingerprint density at radius 2 is 1.50 bits per heavy atom. The molecule has 0 bridgehead atoms. The summed E-state index contributed by atoms with van der Waals surface area (Å²) < 4.78 is 19.7. The van der Waals surface area contributed by atoms with E-state index in [4.69, 9.17) is 16.3 Å². The van der Waals surface area contributed by atoms with Crippen LogP contribution in [0.1, 0.15) is 62.8 Å². The third-order valence-corrected chi connectivity index (χ3v) is 6.67. The molecule has 0 aromatic heterocycles. The lowest BCUT2D eigenvalue weighted by Gasteiger charge is -2.29. The second-order valence-electron chi connectivity index (χ2n) is 7.89. The van der Waals surface area contributed by atoms with Gasteiger partial charge in [-0.25, -0.2) is 4.39 Å². The van der Waals surface area contributed by atoms with E-state index in [0.717, 1.165) is 43.1 Å². The number of ether oxygens (including phenoxy) is 1. The van der Waals surface area contributed by atoms with Crippen molar-refractivity contribution in [3.63, 3.8) is 0 Å². The Bertz CT molecular complexity index is 638. The first-order valence-corrected chi connectivity index (χ1v) is 10.3. The monoisotopic (exact) mass is 376 g/mol. The second-order valence-corrected chi connectivity index (χ2v) is 8.27. The quantitative estimate of drug-likeness (QED) is 0.489. The summed E-state index contributed by atoms with van der Waals surface area (Å²) in [4.78, 5) is 0. The summed E-state index contributed by atoms with van der Waals surface area (Å²) in [6.45, 7) is 3.92. The van der Waals surface area contributed by atoms with Gasteiger partial charge in [0.05, 0.1) is 7.11 Å². The molecule has 3 rings (SSSR count). The normalized spacial score (nSPS) is 29.7. The lowest BCUT2D eigenvalue weighted by atomic mass is 9.77. The fourth-order valence-corrected chi connectivity index (χ4v) is 4.78. The van der Waals surface area contributed by atoms with Crippen LogP contribution in [0.15, 0.2) is 36.9 Å². The van der Waals surface area contributed by atoms with Gasteiger partial charge in [0.1, 0.15) is 16.6 Å². The predicted octanol–water partition coefficient (Wildman–Crippen LogP) is 7.31. The van der Waals surface area contributed by atoms with Crippen LogP contribution in [0.25, 0.3) is 0 Å². The smallest absolute Gasteiger partial charge is 0.149 e. The molecule has 2 aliphatic rings. The average molecular weight is 377 g/mol. The first-order valence-electron chi connectivity index (χ1n) is 9.95. The van der Waals surface area contributed by atoms with Gasteiger partial charge in [0.25, 0.3) is 0 Å². The molecule has 0 spiro atoms. The fraction of sp³-hybridized carbons (Fsp3) is 0.565. The van der Waals surface area contributed by atoms with Crippen LogP contribution in [-0.4, -0.2) is 7.11 Å². The van der Waals surface area contributed by atoms with E-state index in [1.165, 1.54) is 32.8 Å². The molecular formula is C23H30ClFO. The standard InChI is InChI=1S/C23H30ClFO/c1-3-16-4-6-17(7-5-16)8-9-18-10-12-19(13-11-18)20-14-15-21(26-2)22(24)23(20)25/h3,8-9,14-19H,1,4-7,10-13H2,2H3. The lowest BCUT2D eigenvalue weighted by molar-refractivity contribution is 0.347. The van der Waals surface area contributed by atoms with Crippen molar-refractivity contribution in [2.24, 2.45) is 17.8 Å². The number of allylic oxidation sites excluding steroid dienone is 3. The summed E-state index contributed by atoms with van der Waals surface area (Å²) in [5.41, 5.74) is 0.751. The van der Waals surface area contributed by atoms with Crippen molar-refractivity contribution in [1.29, 1.82) is 0 Å². The molecule has 1 aromatic rings. The summed E-state index contributed by atoms with van der Waals surface area (Å²) in [6, 6.07) is 3.63. The number of rotatable bonds is 5. The molecule has 0 heterocycles. The second kappa shape index (κ2) is 9.08. The van der Waals surface area contributed by atoms with Crippen molar-refractivity contribution >= 4 is 11.6 Å². The molecule has 0 amide bonds. The zero-order valence-corrected chi connectivity index (χ0v) is 16.5. The van der Waals surface area contributed by atoms with Gasteiger partial charge >= 0.3 is 0 Å². The first kappa shape index (κ1) is 19.5. The molecule has 3 heteroatoms. The maximum absolute atomic E-state index is 14.5. The van der Waals surface area contributed by atoms with Gasteiger partial charge in [0, 0.05) is 0 Å².